The zero-order valence-electron chi connectivity index (χ0n) is 19.0. The van der Waals surface area contributed by atoms with Crippen molar-refractivity contribution < 1.29 is 27.5 Å². The van der Waals surface area contributed by atoms with Crippen LogP contribution in [0.5, 0.6) is 0 Å². The van der Waals surface area contributed by atoms with Gasteiger partial charge in [0.05, 0.1) is 55.2 Å². The lowest BCUT2D eigenvalue weighted by Gasteiger charge is -2.32. The lowest BCUT2D eigenvalue weighted by molar-refractivity contribution is -0.0241. The SMILES string of the molecule is COC(=O)N1CCO[C@@H](Cc2c(-c3c(F)cc(-n4ccoc4=O)cc3F)nc3cc(C)ccn23)C1. The first-order valence-corrected chi connectivity index (χ1v) is 10.9. The number of aryl methyl sites for hydroxylation is 1. The molecule has 1 atom stereocenters. The second kappa shape index (κ2) is 8.99. The van der Waals surface area contributed by atoms with Gasteiger partial charge >= 0.3 is 11.8 Å². The molecular formula is C24H22F2N4O5. The van der Waals surface area contributed by atoms with Gasteiger partial charge < -0.3 is 23.2 Å². The average Bonchev–Trinajstić information content (AvgIpc) is 3.41. The maximum atomic E-state index is 15.4. The van der Waals surface area contributed by atoms with Crippen molar-refractivity contribution in [2.45, 2.75) is 19.4 Å². The molecule has 0 unspecified atom stereocenters. The zero-order valence-corrected chi connectivity index (χ0v) is 19.0. The number of rotatable bonds is 4. The number of aromatic nitrogens is 3. The van der Waals surface area contributed by atoms with E-state index in [1.165, 1.54) is 18.2 Å². The summed E-state index contributed by atoms with van der Waals surface area (Å²) in [5.41, 5.74) is 1.78. The number of hydrogen-bond acceptors (Lipinski definition) is 6. The second-order valence-corrected chi connectivity index (χ2v) is 8.28. The Morgan fingerprint density at radius 2 is 2.00 bits per heavy atom. The highest BCUT2D eigenvalue weighted by Crippen LogP contribution is 2.32. The van der Waals surface area contributed by atoms with Crippen molar-refractivity contribution in [2.24, 2.45) is 0 Å². The van der Waals surface area contributed by atoms with Crippen LogP contribution in [0.2, 0.25) is 0 Å². The highest BCUT2D eigenvalue weighted by atomic mass is 19.1. The predicted molar refractivity (Wildman–Crippen MR) is 121 cm³/mol. The smallest absolute Gasteiger partial charge is 0.423 e. The van der Waals surface area contributed by atoms with Crippen molar-refractivity contribution in [1.82, 2.24) is 18.9 Å². The van der Waals surface area contributed by atoms with Gasteiger partial charge in [-0.15, -0.1) is 0 Å². The molecule has 3 aromatic heterocycles. The Morgan fingerprint density at radius 1 is 1.23 bits per heavy atom. The summed E-state index contributed by atoms with van der Waals surface area (Å²) in [6.45, 7) is 2.85. The Balaban J connectivity index is 1.59. The van der Waals surface area contributed by atoms with E-state index in [-0.39, 0.29) is 29.9 Å². The molecule has 0 spiro atoms. The molecule has 0 saturated carbocycles. The summed E-state index contributed by atoms with van der Waals surface area (Å²) in [5, 5.41) is 0. The Hall–Kier alpha value is -3.99. The van der Waals surface area contributed by atoms with Crippen LogP contribution in [0.4, 0.5) is 13.6 Å². The fourth-order valence-electron chi connectivity index (χ4n) is 4.33. The van der Waals surface area contributed by atoms with Crippen molar-refractivity contribution in [3.05, 3.63) is 76.4 Å². The summed E-state index contributed by atoms with van der Waals surface area (Å²) in [6, 6.07) is 5.80. The van der Waals surface area contributed by atoms with E-state index in [0.717, 1.165) is 28.5 Å². The molecular weight excluding hydrogens is 462 g/mol. The number of nitrogens with zero attached hydrogens (tertiary/aromatic N) is 4. The van der Waals surface area contributed by atoms with Crippen molar-refractivity contribution >= 4 is 11.7 Å². The summed E-state index contributed by atoms with van der Waals surface area (Å²) in [7, 11) is 1.31. The second-order valence-electron chi connectivity index (χ2n) is 8.28. The molecule has 1 aliphatic rings. The maximum Gasteiger partial charge on any atom is 0.423 e. The summed E-state index contributed by atoms with van der Waals surface area (Å²) in [4.78, 5) is 29.9. The third-order valence-corrected chi connectivity index (χ3v) is 5.99. The van der Waals surface area contributed by atoms with Gasteiger partial charge in [-0.1, -0.05) is 0 Å². The van der Waals surface area contributed by atoms with Crippen molar-refractivity contribution in [2.75, 3.05) is 26.8 Å². The Kier molecular flexibility index (Phi) is 5.85. The third kappa shape index (κ3) is 4.18. The first-order valence-electron chi connectivity index (χ1n) is 10.9. The summed E-state index contributed by atoms with van der Waals surface area (Å²) in [6.07, 6.45) is 3.55. The summed E-state index contributed by atoms with van der Waals surface area (Å²) < 4.78 is 48.9. The average molecular weight is 484 g/mol. The van der Waals surface area contributed by atoms with Crippen LogP contribution in [0.3, 0.4) is 0 Å². The zero-order chi connectivity index (χ0) is 24.7. The molecule has 1 amide bonds. The standard InChI is InChI=1S/C24H22F2N4O5/c1-14-3-4-30-19(12-16-13-28(5-7-34-16)23(31)33-2)22(27-20(30)9-14)21-17(25)10-15(11-18(21)26)29-6-8-35-24(29)32/h3-4,6,8-11,16H,5,7,12-13H2,1-2H3/t16-/m0/s1. The molecule has 4 aromatic rings. The number of fused-ring (bicyclic) bond motifs is 1. The van der Waals surface area contributed by atoms with E-state index in [4.69, 9.17) is 13.9 Å². The number of ether oxygens (including phenoxy) is 2. The fourth-order valence-corrected chi connectivity index (χ4v) is 4.33. The Morgan fingerprint density at radius 3 is 2.69 bits per heavy atom. The number of carbonyl (C=O) groups is 1. The van der Waals surface area contributed by atoms with Crippen molar-refractivity contribution in [3.63, 3.8) is 0 Å². The quantitative estimate of drug-likeness (QED) is 0.441. The van der Waals surface area contributed by atoms with Gasteiger partial charge in [-0.2, -0.15) is 0 Å². The van der Waals surface area contributed by atoms with Crippen molar-refractivity contribution in [3.8, 4) is 16.9 Å². The van der Waals surface area contributed by atoms with Gasteiger partial charge in [0.2, 0.25) is 0 Å². The van der Waals surface area contributed by atoms with E-state index in [0.29, 0.717) is 24.5 Å². The van der Waals surface area contributed by atoms with E-state index >= 15 is 8.78 Å². The Labute approximate surface area is 198 Å². The van der Waals surface area contributed by atoms with Gasteiger partial charge in [0.25, 0.3) is 0 Å². The molecule has 0 aliphatic carbocycles. The molecule has 1 saturated heterocycles. The maximum absolute atomic E-state index is 15.4. The third-order valence-electron chi connectivity index (χ3n) is 5.99. The van der Waals surface area contributed by atoms with Gasteiger partial charge in [0.1, 0.15) is 23.5 Å². The van der Waals surface area contributed by atoms with Crippen LogP contribution < -0.4 is 5.76 Å². The lowest BCUT2D eigenvalue weighted by atomic mass is 10.0. The first-order chi connectivity index (χ1) is 16.9. The molecule has 0 radical (unpaired) electrons. The molecule has 0 N–H and O–H groups in total. The van der Waals surface area contributed by atoms with E-state index in [1.54, 1.807) is 10.6 Å². The van der Waals surface area contributed by atoms with Gasteiger partial charge in [0, 0.05) is 19.2 Å². The summed E-state index contributed by atoms with van der Waals surface area (Å²) >= 11 is 0. The van der Waals surface area contributed by atoms with Crippen LogP contribution in [-0.2, 0) is 15.9 Å². The van der Waals surface area contributed by atoms with E-state index < -0.39 is 29.6 Å². The predicted octanol–water partition coefficient (Wildman–Crippen LogP) is 3.34. The lowest BCUT2D eigenvalue weighted by Crippen LogP contribution is -2.46. The number of oxazole rings is 1. The van der Waals surface area contributed by atoms with E-state index in [1.807, 2.05) is 19.1 Å². The molecule has 5 rings (SSSR count). The van der Waals surface area contributed by atoms with E-state index in [2.05, 4.69) is 4.98 Å². The minimum atomic E-state index is -0.879. The highest BCUT2D eigenvalue weighted by molar-refractivity contribution is 5.70. The largest absolute Gasteiger partial charge is 0.453 e. The molecule has 182 valence electrons. The number of hydrogen-bond donors (Lipinski definition) is 0. The number of pyridine rings is 1. The summed E-state index contributed by atoms with van der Waals surface area (Å²) in [5.74, 6) is -2.52. The van der Waals surface area contributed by atoms with Gasteiger partial charge in [-0.3, -0.25) is 0 Å². The van der Waals surface area contributed by atoms with Gasteiger partial charge in [-0.25, -0.2) is 27.9 Å². The van der Waals surface area contributed by atoms with Crippen LogP contribution in [-0.4, -0.2) is 57.9 Å². The topological polar surface area (TPSA) is 91.2 Å². The minimum absolute atomic E-state index is 0.00649. The first kappa shape index (κ1) is 22.8. The van der Waals surface area contributed by atoms with Crippen LogP contribution in [0, 0.1) is 18.6 Å². The monoisotopic (exact) mass is 484 g/mol. The molecule has 1 fully saturated rings. The number of methoxy groups -OCH3 is 1. The Bertz CT molecular complexity index is 1450. The highest BCUT2D eigenvalue weighted by Gasteiger charge is 2.29. The number of carbonyl (C=O) groups excluding carboxylic acids is 1. The number of halogens is 2. The number of benzene rings is 1. The number of imidazole rings is 1. The van der Waals surface area contributed by atoms with Gasteiger partial charge in [0.15, 0.2) is 0 Å². The van der Waals surface area contributed by atoms with E-state index in [9.17, 15) is 9.59 Å². The molecule has 4 heterocycles. The fraction of sp³-hybridized carbons (Fsp3) is 0.292. The normalized spacial score (nSPS) is 16.1. The molecule has 11 heteroatoms. The number of morpholine rings is 1. The van der Waals surface area contributed by atoms with Crippen LogP contribution in [0.15, 0.2) is 52.1 Å². The van der Waals surface area contributed by atoms with Crippen molar-refractivity contribution in [1.29, 1.82) is 0 Å². The van der Waals surface area contributed by atoms with Crippen LogP contribution in [0.1, 0.15) is 11.3 Å². The number of amides is 1. The molecule has 0 bridgehead atoms. The van der Waals surface area contributed by atoms with Crippen LogP contribution >= 0.6 is 0 Å². The van der Waals surface area contributed by atoms with Crippen LogP contribution in [0.25, 0.3) is 22.6 Å². The minimum Gasteiger partial charge on any atom is -0.453 e. The molecule has 1 aliphatic heterocycles. The molecule has 1 aromatic carbocycles. The molecule has 35 heavy (non-hydrogen) atoms. The van der Waals surface area contributed by atoms with Gasteiger partial charge in [-0.05, 0) is 36.8 Å². The molecule has 9 nitrogen and oxygen atoms in total.